The van der Waals surface area contributed by atoms with Crippen molar-refractivity contribution < 1.29 is 0 Å². The average Bonchev–Trinajstić information content (AvgIpc) is 3.11. The van der Waals surface area contributed by atoms with Crippen molar-refractivity contribution in [2.45, 2.75) is 32.2 Å². The first-order valence-corrected chi connectivity index (χ1v) is 6.84. The molecule has 0 amide bonds. The van der Waals surface area contributed by atoms with Gasteiger partial charge in [0.2, 0.25) is 0 Å². The highest BCUT2D eigenvalue weighted by Crippen LogP contribution is 2.37. The average molecular weight is 262 g/mol. The first kappa shape index (κ1) is 11.4. The highest BCUT2D eigenvalue weighted by Gasteiger charge is 2.26. The fraction of sp³-hybridized carbons (Fsp3) is 0.417. The molecule has 1 aliphatic rings. The van der Waals surface area contributed by atoms with Crippen LogP contribution >= 0.6 is 11.3 Å². The third-order valence-corrected chi connectivity index (χ3v) is 3.93. The van der Waals surface area contributed by atoms with E-state index < -0.39 is 0 Å². The van der Waals surface area contributed by atoms with Crippen LogP contribution in [0.4, 0.5) is 5.82 Å². The fourth-order valence-corrected chi connectivity index (χ4v) is 2.50. The van der Waals surface area contributed by atoms with Crippen molar-refractivity contribution in [2.24, 2.45) is 0 Å². The molecule has 0 spiro atoms. The standard InChI is InChI=1S/C12H14N4OS/c1-7-9(18-6-14-7)5-13-10-4-11(17)16-12(15-10)8-2-3-8/h4,6,8H,2-3,5H2,1H3,(H2,13,15,16,17). The van der Waals surface area contributed by atoms with Crippen LogP contribution < -0.4 is 10.9 Å². The number of aromatic amines is 1. The molecule has 94 valence electrons. The first-order valence-electron chi connectivity index (χ1n) is 5.96. The molecule has 5 nitrogen and oxygen atoms in total. The molecule has 3 rings (SSSR count). The Kier molecular flexibility index (Phi) is 2.87. The molecule has 6 heteroatoms. The van der Waals surface area contributed by atoms with Gasteiger partial charge in [-0.2, -0.15) is 0 Å². The lowest BCUT2D eigenvalue weighted by molar-refractivity contribution is 0.904. The van der Waals surface area contributed by atoms with Gasteiger partial charge in [-0.05, 0) is 19.8 Å². The van der Waals surface area contributed by atoms with Crippen LogP contribution in [0.3, 0.4) is 0 Å². The number of aromatic nitrogens is 3. The Morgan fingerprint density at radius 1 is 1.56 bits per heavy atom. The molecule has 0 aromatic carbocycles. The second-order valence-electron chi connectivity index (χ2n) is 4.50. The number of anilines is 1. The minimum absolute atomic E-state index is 0.0876. The van der Waals surface area contributed by atoms with Crippen LogP contribution in [-0.4, -0.2) is 15.0 Å². The van der Waals surface area contributed by atoms with Gasteiger partial charge < -0.3 is 10.3 Å². The summed E-state index contributed by atoms with van der Waals surface area (Å²) in [4.78, 5) is 24.1. The summed E-state index contributed by atoms with van der Waals surface area (Å²) < 4.78 is 0. The summed E-state index contributed by atoms with van der Waals surface area (Å²) in [7, 11) is 0. The molecule has 2 heterocycles. The second-order valence-corrected chi connectivity index (χ2v) is 5.44. The molecule has 2 N–H and O–H groups in total. The van der Waals surface area contributed by atoms with Crippen LogP contribution in [0.2, 0.25) is 0 Å². The molecule has 1 aliphatic carbocycles. The van der Waals surface area contributed by atoms with Gasteiger partial charge in [-0.3, -0.25) is 4.79 Å². The van der Waals surface area contributed by atoms with E-state index in [0.717, 1.165) is 24.4 Å². The Morgan fingerprint density at radius 2 is 2.39 bits per heavy atom. The van der Waals surface area contributed by atoms with Crippen molar-refractivity contribution in [3.63, 3.8) is 0 Å². The summed E-state index contributed by atoms with van der Waals surface area (Å²) in [6.45, 7) is 2.64. The molecular formula is C12H14N4OS. The van der Waals surface area contributed by atoms with Crippen LogP contribution in [-0.2, 0) is 6.54 Å². The highest BCUT2D eigenvalue weighted by molar-refractivity contribution is 7.09. The summed E-state index contributed by atoms with van der Waals surface area (Å²) >= 11 is 1.61. The predicted molar refractivity (Wildman–Crippen MR) is 71.0 cm³/mol. The van der Waals surface area contributed by atoms with E-state index in [1.807, 2.05) is 12.4 Å². The summed E-state index contributed by atoms with van der Waals surface area (Å²) in [5.41, 5.74) is 2.77. The van der Waals surface area contributed by atoms with Crippen LogP contribution in [0.25, 0.3) is 0 Å². The van der Waals surface area contributed by atoms with Crippen molar-refractivity contribution in [3.8, 4) is 0 Å². The molecule has 0 atom stereocenters. The van der Waals surface area contributed by atoms with Crippen LogP contribution in [0.1, 0.15) is 35.2 Å². The van der Waals surface area contributed by atoms with Gasteiger partial charge in [0.25, 0.3) is 5.56 Å². The lowest BCUT2D eigenvalue weighted by Gasteiger charge is -2.05. The maximum absolute atomic E-state index is 11.5. The van der Waals surface area contributed by atoms with Crippen LogP contribution in [0.15, 0.2) is 16.4 Å². The Morgan fingerprint density at radius 3 is 3.06 bits per heavy atom. The Balaban J connectivity index is 1.76. The summed E-state index contributed by atoms with van der Waals surface area (Å²) in [6, 6.07) is 1.50. The van der Waals surface area contributed by atoms with Crippen molar-refractivity contribution >= 4 is 17.2 Å². The molecule has 2 aromatic heterocycles. The van der Waals surface area contributed by atoms with E-state index in [1.54, 1.807) is 11.3 Å². The minimum Gasteiger partial charge on any atom is -0.365 e. The number of rotatable bonds is 4. The summed E-state index contributed by atoms with van der Waals surface area (Å²) in [5.74, 6) is 1.91. The maximum Gasteiger partial charge on any atom is 0.252 e. The molecule has 1 saturated carbocycles. The van der Waals surface area contributed by atoms with E-state index in [9.17, 15) is 4.79 Å². The lowest BCUT2D eigenvalue weighted by Crippen LogP contribution is -2.13. The predicted octanol–water partition coefficient (Wildman–Crippen LogP) is 2.02. The molecule has 0 saturated heterocycles. The van der Waals surface area contributed by atoms with E-state index in [-0.39, 0.29) is 5.56 Å². The Hall–Kier alpha value is -1.69. The number of nitrogens with zero attached hydrogens (tertiary/aromatic N) is 2. The number of hydrogen-bond acceptors (Lipinski definition) is 5. The van der Waals surface area contributed by atoms with Crippen LogP contribution in [0.5, 0.6) is 0 Å². The molecule has 2 aromatic rings. The second kappa shape index (κ2) is 4.53. The zero-order chi connectivity index (χ0) is 12.5. The SMILES string of the molecule is Cc1ncsc1CNc1cc(=O)[nH]c(C2CC2)n1. The smallest absolute Gasteiger partial charge is 0.252 e. The van der Waals surface area contributed by atoms with Crippen molar-refractivity contribution in [2.75, 3.05) is 5.32 Å². The zero-order valence-electron chi connectivity index (χ0n) is 10.1. The molecule has 0 bridgehead atoms. The van der Waals surface area contributed by atoms with E-state index in [2.05, 4.69) is 20.3 Å². The molecule has 0 radical (unpaired) electrons. The molecule has 0 aliphatic heterocycles. The summed E-state index contributed by atoms with van der Waals surface area (Å²) in [6.07, 6.45) is 2.25. The zero-order valence-corrected chi connectivity index (χ0v) is 10.9. The van der Waals surface area contributed by atoms with Crippen molar-refractivity contribution in [1.29, 1.82) is 0 Å². The maximum atomic E-state index is 11.5. The molecule has 1 fully saturated rings. The third kappa shape index (κ3) is 2.43. The van der Waals surface area contributed by atoms with E-state index >= 15 is 0 Å². The quantitative estimate of drug-likeness (QED) is 0.884. The number of nitrogens with one attached hydrogen (secondary N) is 2. The number of hydrogen-bond donors (Lipinski definition) is 2. The topological polar surface area (TPSA) is 70.7 Å². The summed E-state index contributed by atoms with van der Waals surface area (Å²) in [5, 5.41) is 3.19. The van der Waals surface area contributed by atoms with E-state index in [0.29, 0.717) is 18.3 Å². The Labute approximate surface area is 108 Å². The highest BCUT2D eigenvalue weighted by atomic mass is 32.1. The van der Waals surface area contributed by atoms with Gasteiger partial charge in [0, 0.05) is 16.9 Å². The number of H-pyrrole nitrogens is 1. The van der Waals surface area contributed by atoms with E-state index in [4.69, 9.17) is 0 Å². The largest absolute Gasteiger partial charge is 0.365 e. The lowest BCUT2D eigenvalue weighted by atomic mass is 10.3. The van der Waals surface area contributed by atoms with Crippen molar-refractivity contribution in [3.05, 3.63) is 38.3 Å². The number of aryl methyl sites for hydroxylation is 1. The van der Waals surface area contributed by atoms with Gasteiger partial charge in [-0.15, -0.1) is 11.3 Å². The third-order valence-electron chi connectivity index (χ3n) is 3.00. The molecular weight excluding hydrogens is 248 g/mol. The van der Waals surface area contributed by atoms with Gasteiger partial charge in [-0.25, -0.2) is 9.97 Å². The van der Waals surface area contributed by atoms with Crippen molar-refractivity contribution in [1.82, 2.24) is 15.0 Å². The van der Waals surface area contributed by atoms with Gasteiger partial charge in [-0.1, -0.05) is 0 Å². The minimum atomic E-state index is -0.0876. The number of thiazole rings is 1. The normalized spacial score (nSPS) is 14.7. The molecule has 0 unspecified atom stereocenters. The van der Waals surface area contributed by atoms with Crippen LogP contribution in [0, 0.1) is 6.92 Å². The Bertz CT molecular complexity index is 615. The van der Waals surface area contributed by atoms with Gasteiger partial charge >= 0.3 is 0 Å². The van der Waals surface area contributed by atoms with E-state index in [1.165, 1.54) is 10.9 Å². The fourth-order valence-electron chi connectivity index (χ4n) is 1.78. The van der Waals surface area contributed by atoms with Gasteiger partial charge in [0.05, 0.1) is 17.7 Å². The van der Waals surface area contributed by atoms with Gasteiger partial charge in [0.1, 0.15) is 11.6 Å². The first-order chi connectivity index (χ1) is 8.72. The van der Waals surface area contributed by atoms with Gasteiger partial charge in [0.15, 0.2) is 0 Å². The monoisotopic (exact) mass is 262 g/mol. The molecule has 18 heavy (non-hydrogen) atoms.